The van der Waals surface area contributed by atoms with Crippen LogP contribution in [0.2, 0.25) is 0 Å². The Balaban J connectivity index is 2.61. The molecule has 0 aromatic carbocycles. The number of nitrogens with zero attached hydrogens (tertiary/aromatic N) is 2. The molecule has 3 heteroatoms. The topological polar surface area (TPSA) is 29.9 Å². The van der Waals surface area contributed by atoms with E-state index < -0.39 is 0 Å². The molecule has 0 saturated carbocycles. The number of aryl methyl sites for hydroxylation is 1. The maximum absolute atomic E-state index is 4.39. The first-order valence-corrected chi connectivity index (χ1v) is 6.46. The lowest BCUT2D eigenvalue weighted by atomic mass is 10.0. The van der Waals surface area contributed by atoms with Crippen molar-refractivity contribution >= 4 is 5.95 Å². The number of rotatable bonds is 7. The second kappa shape index (κ2) is 6.56. The van der Waals surface area contributed by atoms with Crippen LogP contribution in [0.3, 0.4) is 0 Å². The molecular weight excluding hydrogens is 198 g/mol. The van der Waals surface area contributed by atoms with Crippen LogP contribution in [0.15, 0.2) is 12.4 Å². The van der Waals surface area contributed by atoms with E-state index in [0.717, 1.165) is 18.9 Å². The van der Waals surface area contributed by atoms with Gasteiger partial charge in [-0.25, -0.2) is 4.98 Å². The molecule has 1 aromatic heterocycles. The minimum atomic E-state index is 0.516. The van der Waals surface area contributed by atoms with Gasteiger partial charge >= 0.3 is 0 Å². The van der Waals surface area contributed by atoms with Crippen molar-refractivity contribution in [2.75, 3.05) is 5.32 Å². The van der Waals surface area contributed by atoms with Crippen LogP contribution in [-0.2, 0) is 6.54 Å². The predicted molar refractivity (Wildman–Crippen MR) is 69.7 cm³/mol. The van der Waals surface area contributed by atoms with Gasteiger partial charge in [0.05, 0.1) is 0 Å². The molecule has 0 amide bonds. The highest BCUT2D eigenvalue weighted by molar-refractivity contribution is 5.27. The Morgan fingerprint density at radius 3 is 2.69 bits per heavy atom. The van der Waals surface area contributed by atoms with E-state index in [9.17, 15) is 0 Å². The summed E-state index contributed by atoms with van der Waals surface area (Å²) in [6.07, 6.45) is 7.51. The monoisotopic (exact) mass is 223 g/mol. The molecule has 1 unspecified atom stereocenters. The number of hydrogen-bond donors (Lipinski definition) is 1. The minimum absolute atomic E-state index is 0.516. The van der Waals surface area contributed by atoms with Crippen molar-refractivity contribution in [1.82, 2.24) is 9.55 Å². The molecule has 1 N–H and O–H groups in total. The number of hydrogen-bond acceptors (Lipinski definition) is 2. The number of aromatic nitrogens is 2. The Morgan fingerprint density at radius 2 is 2.12 bits per heavy atom. The van der Waals surface area contributed by atoms with Crippen LogP contribution in [0.5, 0.6) is 0 Å². The third-order valence-electron chi connectivity index (χ3n) is 3.03. The Hall–Kier alpha value is -0.990. The van der Waals surface area contributed by atoms with Gasteiger partial charge in [-0.05, 0) is 18.8 Å². The molecule has 0 fully saturated rings. The molecule has 0 aliphatic carbocycles. The fraction of sp³-hybridized carbons (Fsp3) is 0.769. The van der Waals surface area contributed by atoms with Crippen molar-refractivity contribution in [3.05, 3.63) is 12.4 Å². The summed E-state index contributed by atoms with van der Waals surface area (Å²) >= 11 is 0. The quantitative estimate of drug-likeness (QED) is 0.766. The van der Waals surface area contributed by atoms with Gasteiger partial charge in [0.2, 0.25) is 5.95 Å². The Kier molecular flexibility index (Phi) is 5.36. The zero-order valence-electron chi connectivity index (χ0n) is 11.0. The van der Waals surface area contributed by atoms with Gasteiger partial charge in [-0.3, -0.25) is 0 Å². The normalized spacial score (nSPS) is 13.1. The van der Waals surface area contributed by atoms with Gasteiger partial charge in [0, 0.05) is 25.0 Å². The standard InChI is InChI=1S/C13H25N3/c1-5-7-9-16-10-8-14-13(16)15-12(6-2)11(3)4/h8,10-12H,5-7,9H2,1-4H3,(H,14,15). The SMILES string of the molecule is CCCCn1ccnc1NC(CC)C(C)C. The average Bonchev–Trinajstić information content (AvgIpc) is 2.69. The third kappa shape index (κ3) is 3.54. The fourth-order valence-corrected chi connectivity index (χ4v) is 1.86. The molecule has 16 heavy (non-hydrogen) atoms. The molecule has 0 spiro atoms. The van der Waals surface area contributed by atoms with Gasteiger partial charge in [-0.15, -0.1) is 0 Å². The largest absolute Gasteiger partial charge is 0.353 e. The van der Waals surface area contributed by atoms with Crippen LogP contribution < -0.4 is 5.32 Å². The van der Waals surface area contributed by atoms with Crippen LogP contribution >= 0.6 is 0 Å². The van der Waals surface area contributed by atoms with Crippen LogP contribution in [0.1, 0.15) is 47.0 Å². The summed E-state index contributed by atoms with van der Waals surface area (Å²) in [5.41, 5.74) is 0. The smallest absolute Gasteiger partial charge is 0.202 e. The first kappa shape index (κ1) is 13.1. The van der Waals surface area contributed by atoms with Crippen LogP contribution in [-0.4, -0.2) is 15.6 Å². The third-order valence-corrected chi connectivity index (χ3v) is 3.03. The lowest BCUT2D eigenvalue weighted by Crippen LogP contribution is -2.26. The minimum Gasteiger partial charge on any atom is -0.353 e. The average molecular weight is 223 g/mol. The molecule has 92 valence electrons. The van der Waals surface area contributed by atoms with E-state index >= 15 is 0 Å². The molecular formula is C13H25N3. The highest BCUT2D eigenvalue weighted by Gasteiger charge is 2.12. The van der Waals surface area contributed by atoms with Crippen LogP contribution in [0.25, 0.3) is 0 Å². The molecule has 0 aliphatic rings. The zero-order chi connectivity index (χ0) is 12.0. The van der Waals surface area contributed by atoms with Crippen molar-refractivity contribution in [2.24, 2.45) is 5.92 Å². The summed E-state index contributed by atoms with van der Waals surface area (Å²) < 4.78 is 2.22. The first-order valence-electron chi connectivity index (χ1n) is 6.46. The van der Waals surface area contributed by atoms with Gasteiger partial charge in [0.25, 0.3) is 0 Å². The van der Waals surface area contributed by atoms with Crippen LogP contribution in [0.4, 0.5) is 5.95 Å². The molecule has 0 radical (unpaired) electrons. The number of nitrogens with one attached hydrogen (secondary N) is 1. The van der Waals surface area contributed by atoms with Crippen molar-refractivity contribution < 1.29 is 0 Å². The van der Waals surface area contributed by atoms with E-state index in [4.69, 9.17) is 0 Å². The highest BCUT2D eigenvalue weighted by Crippen LogP contribution is 2.14. The first-order chi connectivity index (χ1) is 7.69. The number of imidazole rings is 1. The van der Waals surface area contributed by atoms with Gasteiger partial charge in [0.15, 0.2) is 0 Å². The number of unbranched alkanes of at least 4 members (excludes halogenated alkanes) is 1. The van der Waals surface area contributed by atoms with Gasteiger partial charge in [0.1, 0.15) is 0 Å². The van der Waals surface area contributed by atoms with Gasteiger partial charge < -0.3 is 9.88 Å². The summed E-state index contributed by atoms with van der Waals surface area (Å²) in [4.78, 5) is 4.39. The molecule has 0 bridgehead atoms. The summed E-state index contributed by atoms with van der Waals surface area (Å²) in [5, 5.41) is 3.54. The van der Waals surface area contributed by atoms with E-state index in [0.29, 0.717) is 12.0 Å². The van der Waals surface area contributed by atoms with Crippen molar-refractivity contribution in [3.8, 4) is 0 Å². The fourth-order valence-electron chi connectivity index (χ4n) is 1.86. The van der Waals surface area contributed by atoms with E-state index in [2.05, 4.69) is 48.8 Å². The maximum Gasteiger partial charge on any atom is 0.202 e. The summed E-state index contributed by atoms with van der Waals surface area (Å²) in [7, 11) is 0. The molecule has 0 saturated heterocycles. The molecule has 3 nitrogen and oxygen atoms in total. The van der Waals surface area contributed by atoms with Crippen molar-refractivity contribution in [1.29, 1.82) is 0 Å². The molecule has 1 aromatic rings. The lowest BCUT2D eigenvalue weighted by molar-refractivity contribution is 0.502. The molecule has 1 rings (SSSR count). The zero-order valence-corrected chi connectivity index (χ0v) is 11.0. The summed E-state index contributed by atoms with van der Waals surface area (Å²) in [5.74, 6) is 1.66. The van der Waals surface area contributed by atoms with Gasteiger partial charge in [-0.2, -0.15) is 0 Å². The van der Waals surface area contributed by atoms with E-state index in [1.807, 2.05) is 6.20 Å². The van der Waals surface area contributed by atoms with E-state index in [-0.39, 0.29) is 0 Å². The Labute approximate surface area is 99.3 Å². The maximum atomic E-state index is 4.39. The van der Waals surface area contributed by atoms with Gasteiger partial charge in [-0.1, -0.05) is 34.1 Å². The van der Waals surface area contributed by atoms with Crippen LogP contribution in [0, 0.1) is 5.92 Å². The Bertz CT molecular complexity index is 291. The summed E-state index contributed by atoms with van der Waals surface area (Å²) in [6.45, 7) is 10.00. The Morgan fingerprint density at radius 1 is 1.38 bits per heavy atom. The number of anilines is 1. The van der Waals surface area contributed by atoms with Crippen molar-refractivity contribution in [2.45, 2.75) is 59.5 Å². The summed E-state index contributed by atoms with van der Waals surface area (Å²) in [6, 6.07) is 0.516. The predicted octanol–water partition coefficient (Wildman–Crippen LogP) is 3.53. The molecule has 0 aliphatic heterocycles. The second-order valence-electron chi connectivity index (χ2n) is 4.70. The second-order valence-corrected chi connectivity index (χ2v) is 4.70. The molecule has 1 atom stereocenters. The van der Waals surface area contributed by atoms with E-state index in [1.54, 1.807) is 0 Å². The lowest BCUT2D eigenvalue weighted by Gasteiger charge is -2.21. The molecule has 1 heterocycles. The van der Waals surface area contributed by atoms with E-state index in [1.165, 1.54) is 12.8 Å². The highest BCUT2D eigenvalue weighted by atomic mass is 15.2. The van der Waals surface area contributed by atoms with Crippen molar-refractivity contribution in [3.63, 3.8) is 0 Å².